The fraction of sp³-hybridized carbons (Fsp3) is 0.500. The summed E-state index contributed by atoms with van der Waals surface area (Å²) in [6, 6.07) is 0. The van der Waals surface area contributed by atoms with Crippen LogP contribution in [0, 0.1) is 0 Å². The number of carbonyl (C=O) groups is 3. The van der Waals surface area contributed by atoms with E-state index < -0.39 is 36.0 Å². The number of carboxylic acids is 3. The van der Waals surface area contributed by atoms with E-state index in [4.69, 9.17) is 15.3 Å². The van der Waals surface area contributed by atoms with Gasteiger partial charge in [0, 0.05) is 0 Å². The molecule has 0 spiro atoms. The lowest BCUT2D eigenvalue weighted by Crippen LogP contribution is -2.32. The summed E-state index contributed by atoms with van der Waals surface area (Å²) in [6.45, 7) is 0. The van der Waals surface area contributed by atoms with Gasteiger partial charge in [0.15, 0.2) is 6.10 Å². The van der Waals surface area contributed by atoms with Crippen molar-refractivity contribution in [3.8, 4) is 0 Å². The molecule has 0 aromatic carbocycles. The van der Waals surface area contributed by atoms with Crippen LogP contribution in [-0.4, -0.2) is 44.9 Å². The van der Waals surface area contributed by atoms with E-state index in [1.807, 2.05) is 0 Å². The molecule has 1 aliphatic rings. The normalized spacial score (nSPS) is 30.9. The molecule has 1 aliphatic heterocycles. The quantitative estimate of drug-likeness (QED) is 0.474. The van der Waals surface area contributed by atoms with Crippen LogP contribution in [0.5, 0.6) is 0 Å². The first kappa shape index (κ1) is 9.46. The van der Waals surface area contributed by atoms with Gasteiger partial charge in [-0.25, -0.2) is 9.59 Å². The minimum atomic E-state index is -2.07. The molecule has 0 unspecified atom stereocenters. The molecular formula is C6H6O7. The Balaban J connectivity index is 2.77. The number of rotatable bonds is 4. The minimum absolute atomic E-state index is 0.848. The van der Waals surface area contributed by atoms with Crippen molar-refractivity contribution in [1.29, 1.82) is 0 Å². The molecule has 7 nitrogen and oxygen atoms in total. The molecule has 0 amide bonds. The molecule has 1 fully saturated rings. The Morgan fingerprint density at radius 3 is 2.00 bits per heavy atom. The van der Waals surface area contributed by atoms with Crippen molar-refractivity contribution in [2.45, 2.75) is 18.1 Å². The number of carboxylic acid groups (broad SMARTS) is 3. The van der Waals surface area contributed by atoms with Gasteiger partial charge in [0.25, 0.3) is 0 Å². The molecule has 0 radical (unpaired) electrons. The van der Waals surface area contributed by atoms with Gasteiger partial charge in [-0.3, -0.25) is 4.79 Å². The van der Waals surface area contributed by atoms with E-state index in [9.17, 15) is 14.4 Å². The molecule has 72 valence electrons. The van der Waals surface area contributed by atoms with Gasteiger partial charge in [0.2, 0.25) is 5.60 Å². The van der Waals surface area contributed by atoms with E-state index in [1.165, 1.54) is 0 Å². The zero-order valence-electron chi connectivity index (χ0n) is 6.26. The first-order valence-electron chi connectivity index (χ1n) is 3.26. The zero-order valence-corrected chi connectivity index (χ0v) is 6.26. The van der Waals surface area contributed by atoms with Crippen LogP contribution < -0.4 is 0 Å². The monoisotopic (exact) mass is 190 g/mol. The van der Waals surface area contributed by atoms with Crippen LogP contribution in [0.3, 0.4) is 0 Å². The van der Waals surface area contributed by atoms with Gasteiger partial charge in [0.1, 0.15) is 0 Å². The molecule has 0 saturated carbocycles. The second-order valence-corrected chi connectivity index (χ2v) is 2.60. The molecule has 7 heteroatoms. The van der Waals surface area contributed by atoms with E-state index in [0.29, 0.717) is 0 Å². The van der Waals surface area contributed by atoms with Gasteiger partial charge < -0.3 is 20.1 Å². The lowest BCUT2D eigenvalue weighted by atomic mass is 10.0. The highest BCUT2D eigenvalue weighted by atomic mass is 16.7. The van der Waals surface area contributed by atoms with Crippen LogP contribution in [0.15, 0.2) is 0 Å². The van der Waals surface area contributed by atoms with Crippen molar-refractivity contribution in [3.63, 3.8) is 0 Å². The Labute approximate surface area is 71.5 Å². The van der Waals surface area contributed by atoms with Crippen molar-refractivity contribution in [1.82, 2.24) is 0 Å². The van der Waals surface area contributed by atoms with E-state index in [0.717, 1.165) is 0 Å². The number of epoxide rings is 1. The van der Waals surface area contributed by atoms with Crippen LogP contribution >= 0.6 is 0 Å². The molecule has 0 bridgehead atoms. The Morgan fingerprint density at radius 1 is 1.23 bits per heavy atom. The number of hydrogen-bond acceptors (Lipinski definition) is 4. The summed E-state index contributed by atoms with van der Waals surface area (Å²) in [5.41, 5.74) is -2.07. The summed E-state index contributed by atoms with van der Waals surface area (Å²) in [5.74, 6) is -4.45. The molecule has 1 saturated heterocycles. The van der Waals surface area contributed by atoms with Crippen molar-refractivity contribution in [2.24, 2.45) is 0 Å². The maximum Gasteiger partial charge on any atom is 0.340 e. The topological polar surface area (TPSA) is 124 Å². The first-order chi connectivity index (χ1) is 5.90. The molecule has 3 N–H and O–H groups in total. The van der Waals surface area contributed by atoms with Gasteiger partial charge in [-0.05, 0) is 0 Å². The molecule has 2 atom stereocenters. The van der Waals surface area contributed by atoms with Crippen LogP contribution in [0.4, 0.5) is 0 Å². The van der Waals surface area contributed by atoms with Crippen molar-refractivity contribution >= 4 is 17.9 Å². The Bertz CT molecular complexity index is 283. The third-order valence-electron chi connectivity index (χ3n) is 1.69. The van der Waals surface area contributed by atoms with Gasteiger partial charge in [0.05, 0.1) is 6.42 Å². The van der Waals surface area contributed by atoms with Gasteiger partial charge in [-0.2, -0.15) is 0 Å². The van der Waals surface area contributed by atoms with Crippen molar-refractivity contribution in [2.75, 3.05) is 0 Å². The summed E-state index contributed by atoms with van der Waals surface area (Å²) in [5, 5.41) is 25.2. The Kier molecular flexibility index (Phi) is 1.96. The largest absolute Gasteiger partial charge is 0.481 e. The molecule has 1 heterocycles. The summed E-state index contributed by atoms with van der Waals surface area (Å²) in [4.78, 5) is 31.0. The smallest absolute Gasteiger partial charge is 0.340 e. The standard InChI is InChI=1S/C6H6O7/c7-2(8)1-6(5(11)12)3(13-6)4(9)10/h3H,1H2,(H,7,8)(H,9,10)(H,11,12)/t3-,6+/m1/s1. The molecule has 1 rings (SSSR count). The van der Waals surface area contributed by atoms with E-state index in [2.05, 4.69) is 4.74 Å². The SMILES string of the molecule is O=C(O)C[C@]1(C(=O)O)O[C@@H]1C(=O)O. The highest BCUT2D eigenvalue weighted by Gasteiger charge is 2.68. The fourth-order valence-electron chi connectivity index (χ4n) is 1.02. The third kappa shape index (κ3) is 1.45. The molecule has 0 aromatic rings. The highest BCUT2D eigenvalue weighted by molar-refractivity contribution is 5.95. The van der Waals surface area contributed by atoms with Crippen LogP contribution in [0.1, 0.15) is 6.42 Å². The van der Waals surface area contributed by atoms with E-state index in [1.54, 1.807) is 0 Å². The molecule has 13 heavy (non-hydrogen) atoms. The minimum Gasteiger partial charge on any atom is -0.481 e. The highest BCUT2D eigenvalue weighted by Crippen LogP contribution is 2.40. The van der Waals surface area contributed by atoms with Crippen molar-refractivity contribution < 1.29 is 34.4 Å². The average Bonchev–Trinajstić information content (AvgIpc) is 2.62. The maximum atomic E-state index is 10.5. The van der Waals surface area contributed by atoms with Gasteiger partial charge in [-0.15, -0.1) is 0 Å². The summed E-state index contributed by atoms with van der Waals surface area (Å²) >= 11 is 0. The molecule has 0 aliphatic carbocycles. The third-order valence-corrected chi connectivity index (χ3v) is 1.69. The molecular weight excluding hydrogens is 184 g/mol. The number of hydrogen-bond donors (Lipinski definition) is 3. The summed E-state index contributed by atoms with van der Waals surface area (Å²) < 4.78 is 4.36. The Morgan fingerprint density at radius 2 is 1.77 bits per heavy atom. The van der Waals surface area contributed by atoms with Crippen LogP contribution in [0.2, 0.25) is 0 Å². The fourth-order valence-corrected chi connectivity index (χ4v) is 1.02. The summed E-state index contributed by atoms with van der Waals surface area (Å²) in [6.07, 6.45) is -2.40. The van der Waals surface area contributed by atoms with Crippen LogP contribution in [-0.2, 0) is 19.1 Å². The maximum absolute atomic E-state index is 10.5. The first-order valence-corrected chi connectivity index (χ1v) is 3.26. The zero-order chi connectivity index (χ0) is 10.2. The second kappa shape index (κ2) is 2.70. The average molecular weight is 190 g/mol. The Hall–Kier alpha value is -1.63. The predicted molar refractivity (Wildman–Crippen MR) is 35.1 cm³/mol. The number of ether oxygens (including phenoxy) is 1. The van der Waals surface area contributed by atoms with Crippen LogP contribution in [0.25, 0.3) is 0 Å². The van der Waals surface area contributed by atoms with Gasteiger partial charge in [-0.1, -0.05) is 0 Å². The van der Waals surface area contributed by atoms with Gasteiger partial charge >= 0.3 is 17.9 Å². The van der Waals surface area contributed by atoms with E-state index in [-0.39, 0.29) is 0 Å². The van der Waals surface area contributed by atoms with Crippen molar-refractivity contribution in [3.05, 3.63) is 0 Å². The summed E-state index contributed by atoms with van der Waals surface area (Å²) in [7, 11) is 0. The number of aliphatic carboxylic acids is 3. The van der Waals surface area contributed by atoms with E-state index >= 15 is 0 Å². The molecule has 0 aromatic heterocycles. The lowest BCUT2D eigenvalue weighted by Gasteiger charge is -2.01. The lowest BCUT2D eigenvalue weighted by molar-refractivity contribution is -0.150. The predicted octanol–water partition coefficient (Wildman–Crippen LogP) is -1.23. The second-order valence-electron chi connectivity index (χ2n) is 2.60.